The van der Waals surface area contributed by atoms with Gasteiger partial charge in [-0.1, -0.05) is 6.08 Å². The van der Waals surface area contributed by atoms with Crippen molar-refractivity contribution in [1.82, 2.24) is 5.32 Å². The lowest BCUT2D eigenvalue weighted by Crippen LogP contribution is -2.18. The summed E-state index contributed by atoms with van der Waals surface area (Å²) in [5, 5.41) is 3.22. The maximum Gasteiger partial charge on any atom is 0.333 e. The Hall–Kier alpha value is -1.55. The van der Waals surface area contributed by atoms with Crippen LogP contribution in [0.1, 0.15) is 25.6 Å². The van der Waals surface area contributed by atoms with Gasteiger partial charge in [-0.2, -0.15) is 0 Å². The lowest BCUT2D eigenvalue weighted by molar-refractivity contribution is -0.136. The normalized spacial score (nSPS) is 13.6. The molecular weight excluding hydrogens is 206 g/mol. The summed E-state index contributed by atoms with van der Waals surface area (Å²) >= 11 is 0. The molecule has 1 aromatic heterocycles. The molecule has 1 atom stereocenters. The lowest BCUT2D eigenvalue weighted by atomic mass is 10.2. The van der Waals surface area contributed by atoms with Gasteiger partial charge in [0.1, 0.15) is 5.76 Å². The van der Waals surface area contributed by atoms with Gasteiger partial charge in [0.25, 0.3) is 0 Å². The van der Waals surface area contributed by atoms with Crippen molar-refractivity contribution in [3.05, 3.63) is 35.8 Å². The molecule has 1 aromatic rings. The van der Waals surface area contributed by atoms with Crippen LogP contribution in [0.2, 0.25) is 0 Å². The van der Waals surface area contributed by atoms with Crippen LogP contribution in [0.4, 0.5) is 0 Å². The van der Waals surface area contributed by atoms with E-state index in [4.69, 9.17) is 4.42 Å². The van der Waals surface area contributed by atoms with Crippen molar-refractivity contribution in [3.8, 4) is 0 Å². The van der Waals surface area contributed by atoms with Crippen LogP contribution in [0.3, 0.4) is 0 Å². The number of ether oxygens (including phenoxy) is 1. The number of esters is 1. The Balaban J connectivity index is 2.38. The number of hydrogen-bond acceptors (Lipinski definition) is 4. The Kier molecular flexibility index (Phi) is 4.79. The smallest absolute Gasteiger partial charge is 0.333 e. The van der Waals surface area contributed by atoms with Crippen molar-refractivity contribution in [1.29, 1.82) is 0 Å². The molecule has 4 nitrogen and oxygen atoms in total. The fourth-order valence-corrected chi connectivity index (χ4v) is 1.27. The average Bonchev–Trinajstić information content (AvgIpc) is 2.81. The second-order valence-corrected chi connectivity index (χ2v) is 3.52. The summed E-state index contributed by atoms with van der Waals surface area (Å²) in [6.07, 6.45) is 3.44. The van der Waals surface area contributed by atoms with Crippen LogP contribution in [0, 0.1) is 0 Å². The number of furan rings is 1. The van der Waals surface area contributed by atoms with E-state index in [1.165, 1.54) is 7.11 Å². The van der Waals surface area contributed by atoms with E-state index >= 15 is 0 Å². The molecule has 0 bridgehead atoms. The van der Waals surface area contributed by atoms with Crippen LogP contribution >= 0.6 is 0 Å². The quantitative estimate of drug-likeness (QED) is 0.613. The molecule has 0 amide bonds. The molecule has 0 spiro atoms. The van der Waals surface area contributed by atoms with Crippen molar-refractivity contribution < 1.29 is 13.9 Å². The molecule has 1 heterocycles. The summed E-state index contributed by atoms with van der Waals surface area (Å²) < 4.78 is 9.83. The second kappa shape index (κ2) is 6.12. The fourth-order valence-electron chi connectivity index (χ4n) is 1.27. The molecule has 0 aliphatic rings. The molecule has 1 N–H and O–H groups in total. The van der Waals surface area contributed by atoms with Gasteiger partial charge in [0.2, 0.25) is 0 Å². The first-order valence-electron chi connectivity index (χ1n) is 5.17. The zero-order valence-electron chi connectivity index (χ0n) is 9.82. The average molecular weight is 223 g/mol. The monoisotopic (exact) mass is 223 g/mol. The van der Waals surface area contributed by atoms with Crippen molar-refractivity contribution in [2.24, 2.45) is 0 Å². The Morgan fingerprint density at radius 3 is 3.00 bits per heavy atom. The van der Waals surface area contributed by atoms with E-state index in [0.717, 1.165) is 5.76 Å². The van der Waals surface area contributed by atoms with Gasteiger partial charge in [0, 0.05) is 12.1 Å². The predicted octanol–water partition coefficient (Wildman–Crippen LogP) is 2.05. The van der Waals surface area contributed by atoms with Crippen molar-refractivity contribution >= 4 is 5.97 Å². The zero-order valence-corrected chi connectivity index (χ0v) is 9.82. The van der Waals surface area contributed by atoms with E-state index in [-0.39, 0.29) is 12.0 Å². The van der Waals surface area contributed by atoms with Gasteiger partial charge < -0.3 is 14.5 Å². The number of carbonyl (C=O) groups excluding carboxylic acids is 1. The predicted molar refractivity (Wildman–Crippen MR) is 60.9 cm³/mol. The van der Waals surface area contributed by atoms with Crippen LogP contribution < -0.4 is 5.32 Å². The van der Waals surface area contributed by atoms with Gasteiger partial charge in [-0.25, -0.2) is 4.79 Å². The third-order valence-electron chi connectivity index (χ3n) is 2.31. The van der Waals surface area contributed by atoms with E-state index in [9.17, 15) is 4.79 Å². The molecule has 0 aromatic carbocycles. The summed E-state index contributed by atoms with van der Waals surface area (Å²) in [5.74, 6) is 0.580. The standard InChI is InChI=1S/C12H17NO3/c1-9(12(14)15-3)6-7-13-10(2)11-5-4-8-16-11/h4-6,8,10,13H,7H2,1-3H3/b9-6+/t10-/m1/s1. The van der Waals surface area contributed by atoms with E-state index < -0.39 is 0 Å². The summed E-state index contributed by atoms with van der Waals surface area (Å²) in [6.45, 7) is 4.33. The van der Waals surface area contributed by atoms with Crippen LogP contribution in [0.15, 0.2) is 34.5 Å². The first-order valence-corrected chi connectivity index (χ1v) is 5.17. The summed E-state index contributed by atoms with van der Waals surface area (Å²) in [5.41, 5.74) is 0.599. The van der Waals surface area contributed by atoms with Gasteiger partial charge in [-0.3, -0.25) is 0 Å². The Bertz CT molecular complexity index is 354. The third-order valence-corrected chi connectivity index (χ3v) is 2.31. The van der Waals surface area contributed by atoms with Crippen LogP contribution in [0.25, 0.3) is 0 Å². The molecule has 0 saturated carbocycles. The lowest BCUT2D eigenvalue weighted by Gasteiger charge is -2.09. The maximum atomic E-state index is 11.1. The van der Waals surface area contributed by atoms with E-state index in [1.807, 2.05) is 19.1 Å². The molecule has 0 radical (unpaired) electrons. The Labute approximate surface area is 95.3 Å². The van der Waals surface area contributed by atoms with Gasteiger partial charge in [0.15, 0.2) is 0 Å². The molecule has 0 unspecified atom stereocenters. The van der Waals surface area contributed by atoms with Crippen molar-refractivity contribution in [2.45, 2.75) is 19.9 Å². The molecule has 88 valence electrons. The van der Waals surface area contributed by atoms with Crippen LogP contribution in [-0.4, -0.2) is 19.6 Å². The summed E-state index contributed by atoms with van der Waals surface area (Å²) in [6, 6.07) is 3.88. The van der Waals surface area contributed by atoms with Gasteiger partial charge in [-0.15, -0.1) is 0 Å². The molecule has 4 heteroatoms. The molecular formula is C12H17NO3. The first-order chi connectivity index (χ1) is 7.65. The highest BCUT2D eigenvalue weighted by atomic mass is 16.5. The number of carbonyl (C=O) groups is 1. The maximum absolute atomic E-state index is 11.1. The minimum Gasteiger partial charge on any atom is -0.468 e. The first kappa shape index (κ1) is 12.5. The number of hydrogen-bond donors (Lipinski definition) is 1. The SMILES string of the molecule is COC(=O)/C(C)=C/CN[C@H](C)c1ccco1. The van der Waals surface area contributed by atoms with Crippen molar-refractivity contribution in [3.63, 3.8) is 0 Å². The summed E-state index contributed by atoms with van der Waals surface area (Å²) in [4.78, 5) is 11.1. The van der Waals surface area contributed by atoms with Crippen LogP contribution in [-0.2, 0) is 9.53 Å². The third kappa shape index (κ3) is 3.55. The molecule has 1 rings (SSSR count). The molecule has 16 heavy (non-hydrogen) atoms. The highest BCUT2D eigenvalue weighted by molar-refractivity contribution is 5.87. The second-order valence-electron chi connectivity index (χ2n) is 3.52. The largest absolute Gasteiger partial charge is 0.468 e. The van der Waals surface area contributed by atoms with E-state index in [0.29, 0.717) is 12.1 Å². The zero-order chi connectivity index (χ0) is 12.0. The van der Waals surface area contributed by atoms with Gasteiger partial charge in [-0.05, 0) is 26.0 Å². The molecule has 0 fully saturated rings. The minimum atomic E-state index is -0.299. The molecule has 0 saturated heterocycles. The highest BCUT2D eigenvalue weighted by Crippen LogP contribution is 2.11. The van der Waals surface area contributed by atoms with E-state index in [1.54, 1.807) is 19.3 Å². The molecule has 0 aliphatic heterocycles. The Morgan fingerprint density at radius 1 is 1.69 bits per heavy atom. The summed E-state index contributed by atoms with van der Waals surface area (Å²) in [7, 11) is 1.37. The van der Waals surface area contributed by atoms with E-state index in [2.05, 4.69) is 10.1 Å². The Morgan fingerprint density at radius 2 is 2.44 bits per heavy atom. The number of nitrogens with one attached hydrogen (secondary N) is 1. The topological polar surface area (TPSA) is 51.5 Å². The van der Waals surface area contributed by atoms with Gasteiger partial charge >= 0.3 is 5.97 Å². The van der Waals surface area contributed by atoms with Crippen LogP contribution in [0.5, 0.6) is 0 Å². The highest BCUT2D eigenvalue weighted by Gasteiger charge is 2.06. The molecule has 0 aliphatic carbocycles. The van der Waals surface area contributed by atoms with Gasteiger partial charge in [0.05, 0.1) is 19.4 Å². The fraction of sp³-hybridized carbons (Fsp3) is 0.417. The number of rotatable bonds is 5. The van der Waals surface area contributed by atoms with Crippen molar-refractivity contribution in [2.75, 3.05) is 13.7 Å². The minimum absolute atomic E-state index is 0.122. The number of methoxy groups -OCH3 is 1.